The van der Waals surface area contributed by atoms with E-state index in [1.54, 1.807) is 17.3 Å². The van der Waals surface area contributed by atoms with Gasteiger partial charge in [-0.1, -0.05) is 61.6 Å². The molecule has 1 amide bonds. The summed E-state index contributed by atoms with van der Waals surface area (Å²) in [5.41, 5.74) is 3.08. The molecular weight excluding hydrogens is 394 g/mol. The maximum absolute atomic E-state index is 13.2. The van der Waals surface area contributed by atoms with Crippen LogP contribution in [-0.4, -0.2) is 22.5 Å². The second-order valence-corrected chi connectivity index (χ2v) is 8.30. The third-order valence-electron chi connectivity index (χ3n) is 4.76. The van der Waals surface area contributed by atoms with Crippen LogP contribution < -0.4 is 9.64 Å². The second kappa shape index (κ2) is 9.05. The highest BCUT2D eigenvalue weighted by molar-refractivity contribution is 7.22. The van der Waals surface area contributed by atoms with Crippen molar-refractivity contribution < 1.29 is 9.53 Å². The van der Waals surface area contributed by atoms with Gasteiger partial charge in [-0.3, -0.25) is 14.7 Å². The van der Waals surface area contributed by atoms with E-state index in [2.05, 4.69) is 31.0 Å². The molecule has 2 aromatic carbocycles. The number of rotatable bonds is 7. The van der Waals surface area contributed by atoms with E-state index < -0.39 is 0 Å². The van der Waals surface area contributed by atoms with Gasteiger partial charge in [0.05, 0.1) is 16.8 Å². The summed E-state index contributed by atoms with van der Waals surface area (Å²) < 4.78 is 6.79. The molecule has 6 heteroatoms. The van der Waals surface area contributed by atoms with Crippen LogP contribution in [0.2, 0.25) is 0 Å². The number of carbonyl (C=O) groups is 1. The van der Waals surface area contributed by atoms with E-state index in [1.807, 2.05) is 48.5 Å². The van der Waals surface area contributed by atoms with E-state index in [0.717, 1.165) is 15.8 Å². The quantitative estimate of drug-likeness (QED) is 0.402. The van der Waals surface area contributed by atoms with Gasteiger partial charge in [-0.2, -0.15) is 0 Å². The number of nitrogens with zero attached hydrogens (tertiary/aromatic N) is 3. The summed E-state index contributed by atoms with van der Waals surface area (Å²) >= 11 is 1.52. The molecule has 152 valence electrons. The third kappa shape index (κ3) is 4.49. The monoisotopic (exact) mass is 417 g/mol. The van der Waals surface area contributed by atoms with Gasteiger partial charge in [-0.25, -0.2) is 4.98 Å². The molecule has 0 unspecified atom stereocenters. The Kier molecular flexibility index (Phi) is 6.05. The van der Waals surface area contributed by atoms with E-state index in [4.69, 9.17) is 9.72 Å². The van der Waals surface area contributed by atoms with E-state index in [9.17, 15) is 4.79 Å². The minimum Gasteiger partial charge on any atom is -0.484 e. The molecule has 0 spiro atoms. The number of pyridine rings is 1. The van der Waals surface area contributed by atoms with E-state index in [0.29, 0.717) is 23.3 Å². The van der Waals surface area contributed by atoms with Crippen LogP contribution in [0.15, 0.2) is 73.1 Å². The number of hydrogen-bond acceptors (Lipinski definition) is 5. The molecule has 0 saturated heterocycles. The molecule has 4 rings (SSSR count). The number of fused-ring (bicyclic) bond motifs is 1. The first-order valence-corrected chi connectivity index (χ1v) is 10.7. The highest BCUT2D eigenvalue weighted by atomic mass is 32.1. The first kappa shape index (κ1) is 20.0. The van der Waals surface area contributed by atoms with Crippen molar-refractivity contribution in [2.45, 2.75) is 26.3 Å². The minimum absolute atomic E-state index is 0.0583. The predicted octanol–water partition coefficient (Wildman–Crippen LogP) is 5.43. The predicted molar refractivity (Wildman–Crippen MR) is 121 cm³/mol. The number of para-hydroxylation sites is 2. The molecule has 4 aromatic rings. The maximum atomic E-state index is 13.2. The second-order valence-electron chi connectivity index (χ2n) is 7.29. The molecule has 0 aliphatic rings. The Hall–Kier alpha value is -3.25. The number of hydrogen-bond donors (Lipinski definition) is 0. The average Bonchev–Trinajstić information content (AvgIpc) is 3.21. The summed E-state index contributed by atoms with van der Waals surface area (Å²) in [5, 5.41) is 0.670. The average molecular weight is 418 g/mol. The Morgan fingerprint density at radius 1 is 1.07 bits per heavy atom. The molecule has 0 radical (unpaired) electrons. The Morgan fingerprint density at radius 3 is 2.63 bits per heavy atom. The van der Waals surface area contributed by atoms with Crippen molar-refractivity contribution in [3.63, 3.8) is 0 Å². The SMILES string of the molecule is CC(C)c1cccc2sc(N(Cc3cccnc3)C(=O)COc3ccccc3)nc12. The van der Waals surface area contributed by atoms with Gasteiger partial charge in [0.15, 0.2) is 11.7 Å². The summed E-state index contributed by atoms with van der Waals surface area (Å²) in [6.07, 6.45) is 3.49. The van der Waals surface area contributed by atoms with E-state index in [-0.39, 0.29) is 12.5 Å². The molecule has 0 aliphatic carbocycles. The molecule has 0 atom stereocenters. The lowest BCUT2D eigenvalue weighted by Crippen LogP contribution is -2.34. The van der Waals surface area contributed by atoms with Crippen molar-refractivity contribution in [2.24, 2.45) is 0 Å². The van der Waals surface area contributed by atoms with Gasteiger partial charge in [-0.05, 0) is 41.3 Å². The van der Waals surface area contributed by atoms with Gasteiger partial charge < -0.3 is 4.74 Å². The molecule has 0 fully saturated rings. The van der Waals surface area contributed by atoms with E-state index >= 15 is 0 Å². The Labute approximate surface area is 180 Å². The first-order chi connectivity index (χ1) is 14.6. The van der Waals surface area contributed by atoms with Gasteiger partial charge in [0.25, 0.3) is 5.91 Å². The first-order valence-electron chi connectivity index (χ1n) is 9.88. The van der Waals surface area contributed by atoms with Gasteiger partial charge >= 0.3 is 0 Å². The number of thiazole rings is 1. The van der Waals surface area contributed by atoms with Crippen molar-refractivity contribution in [1.82, 2.24) is 9.97 Å². The van der Waals surface area contributed by atoms with Crippen LogP contribution in [0.1, 0.15) is 30.9 Å². The summed E-state index contributed by atoms with van der Waals surface area (Å²) in [5.74, 6) is 0.874. The lowest BCUT2D eigenvalue weighted by molar-refractivity contribution is -0.120. The zero-order valence-electron chi connectivity index (χ0n) is 17.0. The molecule has 0 saturated carbocycles. The number of anilines is 1. The van der Waals surface area contributed by atoms with Crippen molar-refractivity contribution in [3.8, 4) is 5.75 Å². The standard InChI is InChI=1S/C24H23N3O2S/c1-17(2)20-11-6-12-21-23(20)26-24(30-21)27(15-18-8-7-13-25-14-18)22(28)16-29-19-9-4-3-5-10-19/h3-14,17H,15-16H2,1-2H3. The zero-order chi connectivity index (χ0) is 20.9. The van der Waals surface area contributed by atoms with Gasteiger partial charge in [0.2, 0.25) is 0 Å². The zero-order valence-corrected chi connectivity index (χ0v) is 17.8. The van der Waals surface area contributed by atoms with Crippen LogP contribution in [0.4, 0.5) is 5.13 Å². The molecule has 5 nitrogen and oxygen atoms in total. The van der Waals surface area contributed by atoms with Crippen molar-refractivity contribution >= 4 is 32.6 Å². The summed E-state index contributed by atoms with van der Waals surface area (Å²) in [6, 6.07) is 19.4. The van der Waals surface area contributed by atoms with Crippen LogP contribution >= 0.6 is 11.3 Å². The highest BCUT2D eigenvalue weighted by Crippen LogP contribution is 2.34. The van der Waals surface area contributed by atoms with Crippen LogP contribution in [0, 0.1) is 0 Å². The Bertz CT molecular complexity index is 1130. The van der Waals surface area contributed by atoms with Crippen molar-refractivity contribution in [3.05, 3.63) is 84.2 Å². The molecule has 0 N–H and O–H groups in total. The fourth-order valence-corrected chi connectivity index (χ4v) is 4.23. The Balaban J connectivity index is 1.65. The normalized spacial score (nSPS) is 11.0. The Morgan fingerprint density at radius 2 is 1.90 bits per heavy atom. The molecule has 2 heterocycles. The number of aromatic nitrogens is 2. The number of benzene rings is 2. The molecule has 0 bridgehead atoms. The maximum Gasteiger partial charge on any atom is 0.267 e. The molecule has 2 aromatic heterocycles. The smallest absolute Gasteiger partial charge is 0.267 e. The van der Waals surface area contributed by atoms with Crippen LogP contribution in [0.5, 0.6) is 5.75 Å². The highest BCUT2D eigenvalue weighted by Gasteiger charge is 2.22. The fraction of sp³-hybridized carbons (Fsp3) is 0.208. The molecule has 30 heavy (non-hydrogen) atoms. The van der Waals surface area contributed by atoms with Gasteiger partial charge in [0.1, 0.15) is 5.75 Å². The molecule has 0 aliphatic heterocycles. The molecular formula is C24H23N3O2S. The number of ether oxygens (including phenoxy) is 1. The van der Waals surface area contributed by atoms with Gasteiger partial charge in [0, 0.05) is 12.4 Å². The lowest BCUT2D eigenvalue weighted by Gasteiger charge is -2.20. The topological polar surface area (TPSA) is 55.3 Å². The number of carbonyl (C=O) groups excluding carboxylic acids is 1. The number of amides is 1. The fourth-order valence-electron chi connectivity index (χ4n) is 3.22. The minimum atomic E-state index is -0.146. The summed E-state index contributed by atoms with van der Waals surface area (Å²) in [4.78, 5) is 23.9. The largest absolute Gasteiger partial charge is 0.484 e. The summed E-state index contributed by atoms with van der Waals surface area (Å²) in [7, 11) is 0. The van der Waals surface area contributed by atoms with Gasteiger partial charge in [-0.15, -0.1) is 0 Å². The lowest BCUT2D eigenvalue weighted by atomic mass is 10.0. The van der Waals surface area contributed by atoms with Crippen LogP contribution in [0.25, 0.3) is 10.2 Å². The van der Waals surface area contributed by atoms with Crippen LogP contribution in [-0.2, 0) is 11.3 Å². The summed E-state index contributed by atoms with van der Waals surface area (Å²) in [6.45, 7) is 4.64. The third-order valence-corrected chi connectivity index (χ3v) is 5.81. The van der Waals surface area contributed by atoms with Crippen molar-refractivity contribution in [2.75, 3.05) is 11.5 Å². The van der Waals surface area contributed by atoms with Crippen molar-refractivity contribution in [1.29, 1.82) is 0 Å². The van der Waals surface area contributed by atoms with E-state index in [1.165, 1.54) is 16.9 Å². The van der Waals surface area contributed by atoms with Crippen LogP contribution in [0.3, 0.4) is 0 Å².